The van der Waals surface area contributed by atoms with Gasteiger partial charge in [0.15, 0.2) is 5.43 Å². The van der Waals surface area contributed by atoms with Gasteiger partial charge < -0.3 is 10.3 Å². The molecule has 24 heavy (non-hydrogen) atoms. The predicted molar refractivity (Wildman–Crippen MR) is 95.1 cm³/mol. The number of aromatic amines is 1. The van der Waals surface area contributed by atoms with E-state index in [1.807, 2.05) is 12.1 Å². The van der Waals surface area contributed by atoms with Crippen molar-refractivity contribution in [2.24, 2.45) is 5.92 Å². The van der Waals surface area contributed by atoms with E-state index < -0.39 is 0 Å². The van der Waals surface area contributed by atoms with E-state index in [4.69, 9.17) is 0 Å². The Bertz CT molecular complexity index is 824. The molecule has 5 heteroatoms. The third kappa shape index (κ3) is 3.41. The van der Waals surface area contributed by atoms with Crippen LogP contribution in [0, 0.1) is 12.8 Å². The van der Waals surface area contributed by atoms with E-state index >= 15 is 0 Å². The lowest BCUT2D eigenvalue weighted by molar-refractivity contribution is 0.102. The predicted octanol–water partition coefficient (Wildman–Crippen LogP) is 2.91. The second-order valence-electron chi connectivity index (χ2n) is 6.85. The van der Waals surface area contributed by atoms with E-state index in [1.165, 1.54) is 17.8 Å². The molecule has 0 radical (unpaired) electrons. The monoisotopic (exact) mass is 325 g/mol. The van der Waals surface area contributed by atoms with Crippen LogP contribution in [-0.4, -0.2) is 22.3 Å². The molecule has 0 spiro atoms. The maximum absolute atomic E-state index is 12.5. The molecule has 0 unspecified atom stereocenters. The van der Waals surface area contributed by atoms with Crippen LogP contribution in [0.15, 0.2) is 35.3 Å². The van der Waals surface area contributed by atoms with E-state index in [0.29, 0.717) is 5.92 Å². The zero-order chi connectivity index (χ0) is 17.3. The summed E-state index contributed by atoms with van der Waals surface area (Å²) in [6, 6.07) is 7.39. The normalized spacial score (nSPS) is 14.0. The van der Waals surface area contributed by atoms with E-state index in [1.54, 1.807) is 6.92 Å². The van der Waals surface area contributed by atoms with Crippen molar-refractivity contribution in [3.05, 3.63) is 63.1 Å². The van der Waals surface area contributed by atoms with Crippen LogP contribution in [0.25, 0.3) is 0 Å². The Labute approximate surface area is 141 Å². The number of benzene rings is 1. The molecule has 3 rings (SSSR count). The molecule has 2 heterocycles. The molecule has 0 saturated carbocycles. The van der Waals surface area contributed by atoms with Crippen LogP contribution in [0.4, 0.5) is 5.69 Å². The lowest BCUT2D eigenvalue weighted by Crippen LogP contribution is -2.23. The third-order valence-corrected chi connectivity index (χ3v) is 4.22. The van der Waals surface area contributed by atoms with Gasteiger partial charge in [-0.05, 0) is 30.0 Å². The average molecular weight is 325 g/mol. The van der Waals surface area contributed by atoms with Gasteiger partial charge in [0, 0.05) is 43.3 Å². The first-order chi connectivity index (χ1) is 11.4. The molecule has 2 aromatic rings. The Morgan fingerprint density at radius 2 is 2.12 bits per heavy atom. The summed E-state index contributed by atoms with van der Waals surface area (Å²) >= 11 is 0. The van der Waals surface area contributed by atoms with Crippen LogP contribution >= 0.6 is 0 Å². The Morgan fingerprint density at radius 3 is 2.83 bits per heavy atom. The standard InChI is InChI=1S/C19H23N3O2/c1-12(2)9-22-10-14-5-4-6-17(16(14)11-22)21-19(24)15-8-20-13(3)7-18(15)23/h4-8,12H,9-11H2,1-3H3,(H,20,23)(H,21,24). The number of nitrogens with zero attached hydrogens (tertiary/aromatic N) is 1. The molecule has 5 nitrogen and oxygen atoms in total. The van der Waals surface area contributed by atoms with Crippen molar-refractivity contribution in [1.29, 1.82) is 0 Å². The van der Waals surface area contributed by atoms with Crippen LogP contribution < -0.4 is 10.7 Å². The Morgan fingerprint density at radius 1 is 1.33 bits per heavy atom. The van der Waals surface area contributed by atoms with Crippen molar-refractivity contribution < 1.29 is 4.79 Å². The minimum Gasteiger partial charge on any atom is -0.364 e. The zero-order valence-electron chi connectivity index (χ0n) is 14.3. The van der Waals surface area contributed by atoms with Gasteiger partial charge in [0.2, 0.25) is 0 Å². The molecule has 1 aliphatic heterocycles. The molecule has 1 amide bonds. The number of rotatable bonds is 4. The highest BCUT2D eigenvalue weighted by atomic mass is 16.2. The number of pyridine rings is 1. The van der Waals surface area contributed by atoms with Gasteiger partial charge in [-0.2, -0.15) is 0 Å². The number of amides is 1. The molecule has 2 N–H and O–H groups in total. The fourth-order valence-electron chi connectivity index (χ4n) is 3.19. The minimum absolute atomic E-state index is 0.134. The maximum Gasteiger partial charge on any atom is 0.261 e. The van der Waals surface area contributed by atoms with Gasteiger partial charge in [0.05, 0.1) is 0 Å². The lowest BCUT2D eigenvalue weighted by Gasteiger charge is -2.17. The Balaban J connectivity index is 1.81. The van der Waals surface area contributed by atoms with Gasteiger partial charge >= 0.3 is 0 Å². The van der Waals surface area contributed by atoms with Crippen molar-refractivity contribution in [1.82, 2.24) is 9.88 Å². The highest BCUT2D eigenvalue weighted by Crippen LogP contribution is 2.30. The van der Waals surface area contributed by atoms with Crippen molar-refractivity contribution >= 4 is 11.6 Å². The average Bonchev–Trinajstić information content (AvgIpc) is 2.89. The lowest BCUT2D eigenvalue weighted by atomic mass is 10.1. The van der Waals surface area contributed by atoms with Gasteiger partial charge in [0.25, 0.3) is 5.91 Å². The summed E-state index contributed by atoms with van der Waals surface area (Å²) in [6.07, 6.45) is 1.47. The number of anilines is 1. The van der Waals surface area contributed by atoms with E-state index in [-0.39, 0.29) is 16.9 Å². The van der Waals surface area contributed by atoms with Gasteiger partial charge in [-0.15, -0.1) is 0 Å². The molecular formula is C19H23N3O2. The van der Waals surface area contributed by atoms with Crippen LogP contribution in [0.2, 0.25) is 0 Å². The Kier molecular flexibility index (Phi) is 4.53. The largest absolute Gasteiger partial charge is 0.364 e. The number of nitrogens with one attached hydrogen (secondary N) is 2. The van der Waals surface area contributed by atoms with Crippen LogP contribution in [-0.2, 0) is 13.1 Å². The molecule has 1 aliphatic rings. The van der Waals surface area contributed by atoms with Gasteiger partial charge in [0.1, 0.15) is 5.56 Å². The van der Waals surface area contributed by atoms with Crippen molar-refractivity contribution in [3.8, 4) is 0 Å². The number of carbonyl (C=O) groups excluding carboxylic acids is 1. The summed E-state index contributed by atoms with van der Waals surface area (Å²) in [4.78, 5) is 29.7. The number of hydrogen-bond acceptors (Lipinski definition) is 3. The van der Waals surface area contributed by atoms with Crippen molar-refractivity contribution in [2.45, 2.75) is 33.9 Å². The Hall–Kier alpha value is -2.40. The summed E-state index contributed by atoms with van der Waals surface area (Å²) in [6.45, 7) is 8.96. The molecular weight excluding hydrogens is 302 g/mol. The van der Waals surface area contributed by atoms with E-state index in [0.717, 1.165) is 36.6 Å². The van der Waals surface area contributed by atoms with Gasteiger partial charge in [-0.3, -0.25) is 14.5 Å². The number of fused-ring (bicyclic) bond motifs is 1. The van der Waals surface area contributed by atoms with Gasteiger partial charge in [-0.1, -0.05) is 26.0 Å². The highest BCUT2D eigenvalue weighted by molar-refractivity contribution is 6.04. The van der Waals surface area contributed by atoms with E-state index in [9.17, 15) is 9.59 Å². The summed E-state index contributed by atoms with van der Waals surface area (Å²) < 4.78 is 0. The second-order valence-corrected chi connectivity index (χ2v) is 6.85. The number of carbonyl (C=O) groups is 1. The van der Waals surface area contributed by atoms with Crippen LogP contribution in [0.1, 0.15) is 41.0 Å². The highest BCUT2D eigenvalue weighted by Gasteiger charge is 2.23. The molecule has 1 aromatic carbocycles. The summed E-state index contributed by atoms with van der Waals surface area (Å²) in [5.74, 6) is 0.232. The van der Waals surface area contributed by atoms with Crippen LogP contribution in [0.5, 0.6) is 0 Å². The topological polar surface area (TPSA) is 65.2 Å². The maximum atomic E-state index is 12.5. The fraction of sp³-hybridized carbons (Fsp3) is 0.368. The number of H-pyrrole nitrogens is 1. The molecule has 0 aliphatic carbocycles. The summed E-state index contributed by atoms with van der Waals surface area (Å²) in [5.41, 5.74) is 3.79. The molecule has 0 fully saturated rings. The first-order valence-electron chi connectivity index (χ1n) is 8.28. The smallest absolute Gasteiger partial charge is 0.261 e. The number of aryl methyl sites for hydroxylation is 1. The minimum atomic E-state index is -0.369. The first kappa shape index (κ1) is 16.5. The number of hydrogen-bond donors (Lipinski definition) is 2. The summed E-state index contributed by atoms with van der Waals surface area (Å²) in [7, 11) is 0. The number of aromatic nitrogens is 1. The molecule has 0 saturated heterocycles. The van der Waals surface area contributed by atoms with Gasteiger partial charge in [-0.25, -0.2) is 0 Å². The fourth-order valence-corrected chi connectivity index (χ4v) is 3.19. The van der Waals surface area contributed by atoms with Crippen molar-refractivity contribution in [2.75, 3.05) is 11.9 Å². The third-order valence-electron chi connectivity index (χ3n) is 4.22. The van der Waals surface area contributed by atoms with E-state index in [2.05, 4.69) is 35.1 Å². The zero-order valence-corrected chi connectivity index (χ0v) is 14.3. The SMILES string of the molecule is Cc1cc(=O)c(C(=O)Nc2cccc3c2CN(CC(C)C)C3)c[nH]1. The molecule has 1 aromatic heterocycles. The quantitative estimate of drug-likeness (QED) is 0.908. The second kappa shape index (κ2) is 6.61. The molecule has 126 valence electrons. The molecule has 0 atom stereocenters. The van der Waals surface area contributed by atoms with Crippen LogP contribution in [0.3, 0.4) is 0 Å². The molecule has 0 bridgehead atoms. The van der Waals surface area contributed by atoms with Crippen molar-refractivity contribution in [3.63, 3.8) is 0 Å². The first-order valence-corrected chi connectivity index (χ1v) is 8.28. The summed E-state index contributed by atoms with van der Waals surface area (Å²) in [5, 5.41) is 2.91.